The van der Waals surface area contributed by atoms with Gasteiger partial charge in [0.25, 0.3) is 11.9 Å². The van der Waals surface area contributed by atoms with E-state index < -0.39 is 0 Å². The summed E-state index contributed by atoms with van der Waals surface area (Å²) < 4.78 is 1.58. The monoisotopic (exact) mass is 406 g/mol. The van der Waals surface area contributed by atoms with Crippen LogP contribution in [0.1, 0.15) is 56.2 Å². The molecule has 0 aliphatic carbocycles. The Hall–Kier alpha value is -3.06. The lowest BCUT2D eigenvalue weighted by Gasteiger charge is -2.18. The Balaban J connectivity index is 1.83. The fourth-order valence-electron chi connectivity index (χ4n) is 3.05. The number of nitrogens with one attached hydrogen (secondary N) is 1. The smallest absolute Gasteiger partial charge is 0.256 e. The lowest BCUT2D eigenvalue weighted by Crippen LogP contribution is -2.22. The van der Waals surface area contributed by atoms with Crippen LogP contribution in [0.15, 0.2) is 48.8 Å². The van der Waals surface area contributed by atoms with E-state index in [1.807, 2.05) is 30.3 Å². The molecule has 2 heterocycles. The Labute approximate surface area is 178 Å². The molecule has 30 heavy (non-hydrogen) atoms. The van der Waals surface area contributed by atoms with Crippen LogP contribution in [-0.4, -0.2) is 43.6 Å². The lowest BCUT2D eigenvalue weighted by molar-refractivity contribution is 0.102. The van der Waals surface area contributed by atoms with Crippen LogP contribution in [0.2, 0.25) is 0 Å². The van der Waals surface area contributed by atoms with Crippen molar-refractivity contribution in [3.63, 3.8) is 0 Å². The Bertz CT molecular complexity index is 969. The van der Waals surface area contributed by atoms with Gasteiger partial charge in [0.15, 0.2) is 0 Å². The van der Waals surface area contributed by atoms with E-state index in [2.05, 4.69) is 59.9 Å². The second kappa shape index (κ2) is 9.17. The predicted molar refractivity (Wildman–Crippen MR) is 119 cm³/mol. The molecule has 0 radical (unpaired) electrons. The van der Waals surface area contributed by atoms with E-state index in [0.717, 1.165) is 25.3 Å². The third-order valence-corrected chi connectivity index (χ3v) is 4.98. The third-order valence-electron chi connectivity index (χ3n) is 4.98. The van der Waals surface area contributed by atoms with E-state index >= 15 is 0 Å². The van der Waals surface area contributed by atoms with E-state index in [1.165, 1.54) is 5.56 Å². The van der Waals surface area contributed by atoms with E-state index in [9.17, 15) is 4.79 Å². The number of nitrogens with zero attached hydrogens (tertiary/aromatic N) is 5. The van der Waals surface area contributed by atoms with Crippen molar-refractivity contribution >= 4 is 11.7 Å². The van der Waals surface area contributed by atoms with Gasteiger partial charge in [0.1, 0.15) is 5.82 Å². The molecule has 0 spiro atoms. The summed E-state index contributed by atoms with van der Waals surface area (Å²) in [5.41, 5.74) is 2.45. The maximum atomic E-state index is 12.9. The molecule has 0 bridgehead atoms. The summed E-state index contributed by atoms with van der Waals surface area (Å²) in [4.78, 5) is 23.8. The van der Waals surface area contributed by atoms with Gasteiger partial charge < -0.3 is 5.32 Å². The van der Waals surface area contributed by atoms with E-state index in [0.29, 0.717) is 17.3 Å². The summed E-state index contributed by atoms with van der Waals surface area (Å²) in [6.07, 6.45) is 3.31. The minimum absolute atomic E-state index is 0.175. The zero-order valence-corrected chi connectivity index (χ0v) is 18.4. The number of carbonyl (C=O) groups excluding carboxylic acids is 1. The maximum Gasteiger partial charge on any atom is 0.256 e. The van der Waals surface area contributed by atoms with Crippen LogP contribution in [0, 0.1) is 0 Å². The van der Waals surface area contributed by atoms with E-state index in [1.54, 1.807) is 23.1 Å². The van der Waals surface area contributed by atoms with Crippen LogP contribution in [0.4, 0.5) is 5.82 Å². The first kappa shape index (κ1) is 21.6. The summed E-state index contributed by atoms with van der Waals surface area (Å²) in [7, 11) is 0. The van der Waals surface area contributed by atoms with Crippen LogP contribution >= 0.6 is 0 Å². The largest absolute Gasteiger partial charge is 0.306 e. The van der Waals surface area contributed by atoms with Gasteiger partial charge >= 0.3 is 0 Å². The molecule has 158 valence electrons. The van der Waals surface area contributed by atoms with Crippen molar-refractivity contribution in [2.75, 3.05) is 18.4 Å². The standard InChI is InChI=1S/C23H30N6O/c1-6-28(7-2)16-17-9-11-18(12-10-17)21(30)26-20-15-19(23(3,4)5)27-29(20)22-24-13-8-14-25-22/h8-15H,6-7,16H2,1-5H3,(H,26,30). The van der Waals surface area contributed by atoms with Gasteiger partial charge in [0, 0.05) is 36.0 Å². The quantitative estimate of drug-likeness (QED) is 0.640. The third kappa shape index (κ3) is 5.10. The molecule has 2 aromatic heterocycles. The molecule has 1 amide bonds. The lowest BCUT2D eigenvalue weighted by atomic mass is 9.92. The average molecular weight is 407 g/mol. The van der Waals surface area contributed by atoms with Gasteiger partial charge in [-0.3, -0.25) is 9.69 Å². The highest BCUT2D eigenvalue weighted by Gasteiger charge is 2.22. The molecule has 3 rings (SSSR count). The minimum atomic E-state index is -0.193. The van der Waals surface area contributed by atoms with Crippen LogP contribution in [-0.2, 0) is 12.0 Å². The number of amides is 1. The van der Waals surface area contributed by atoms with Gasteiger partial charge in [-0.05, 0) is 36.9 Å². The highest BCUT2D eigenvalue weighted by molar-refractivity contribution is 6.04. The van der Waals surface area contributed by atoms with Crippen LogP contribution < -0.4 is 5.32 Å². The normalized spacial score (nSPS) is 11.7. The number of carbonyl (C=O) groups is 1. The van der Waals surface area contributed by atoms with Gasteiger partial charge in [-0.2, -0.15) is 9.78 Å². The average Bonchev–Trinajstić information content (AvgIpc) is 3.17. The first-order valence-corrected chi connectivity index (χ1v) is 10.3. The fourth-order valence-corrected chi connectivity index (χ4v) is 3.05. The molecule has 3 aromatic rings. The van der Waals surface area contributed by atoms with Gasteiger partial charge in [0.2, 0.25) is 0 Å². The van der Waals surface area contributed by atoms with Crippen molar-refractivity contribution in [2.24, 2.45) is 0 Å². The molecular formula is C23H30N6O. The zero-order chi connectivity index (χ0) is 21.7. The predicted octanol–water partition coefficient (Wildman–Crippen LogP) is 4.05. The minimum Gasteiger partial charge on any atom is -0.306 e. The highest BCUT2D eigenvalue weighted by atomic mass is 16.1. The van der Waals surface area contributed by atoms with Gasteiger partial charge in [-0.1, -0.05) is 46.8 Å². The summed E-state index contributed by atoms with van der Waals surface area (Å²) in [5, 5.41) is 7.61. The Kier molecular flexibility index (Phi) is 6.62. The SMILES string of the molecule is CCN(CC)Cc1ccc(C(=O)Nc2cc(C(C)(C)C)nn2-c2ncccn2)cc1. The molecule has 1 aromatic carbocycles. The van der Waals surface area contributed by atoms with Crippen molar-refractivity contribution < 1.29 is 4.79 Å². The van der Waals surface area contributed by atoms with E-state index in [4.69, 9.17) is 0 Å². The summed E-state index contributed by atoms with van der Waals surface area (Å²) in [5.74, 6) is 0.767. The number of anilines is 1. The number of aromatic nitrogens is 4. The van der Waals surface area contributed by atoms with Crippen LogP contribution in [0.25, 0.3) is 5.95 Å². The second-order valence-corrected chi connectivity index (χ2v) is 8.24. The molecule has 7 heteroatoms. The summed E-state index contributed by atoms with van der Waals surface area (Å²) in [6, 6.07) is 11.4. The molecular weight excluding hydrogens is 376 g/mol. The molecule has 0 saturated carbocycles. The zero-order valence-electron chi connectivity index (χ0n) is 18.4. The van der Waals surface area contributed by atoms with E-state index in [-0.39, 0.29) is 11.3 Å². The number of rotatable bonds is 7. The fraction of sp³-hybridized carbons (Fsp3) is 0.391. The van der Waals surface area contributed by atoms with Crippen molar-refractivity contribution in [1.29, 1.82) is 0 Å². The van der Waals surface area contributed by atoms with Gasteiger partial charge in [-0.15, -0.1) is 0 Å². The highest BCUT2D eigenvalue weighted by Crippen LogP contribution is 2.25. The molecule has 0 aliphatic heterocycles. The first-order chi connectivity index (χ1) is 14.3. The summed E-state index contributed by atoms with van der Waals surface area (Å²) in [6.45, 7) is 13.4. The topological polar surface area (TPSA) is 75.9 Å². The first-order valence-electron chi connectivity index (χ1n) is 10.3. The Morgan fingerprint density at radius 3 is 2.27 bits per heavy atom. The molecule has 1 N–H and O–H groups in total. The molecule has 7 nitrogen and oxygen atoms in total. The van der Waals surface area contributed by atoms with Crippen LogP contribution in [0.5, 0.6) is 0 Å². The number of hydrogen-bond acceptors (Lipinski definition) is 5. The van der Waals surface area contributed by atoms with Gasteiger partial charge in [-0.25, -0.2) is 9.97 Å². The van der Waals surface area contributed by atoms with Gasteiger partial charge in [0.05, 0.1) is 5.69 Å². The number of benzene rings is 1. The van der Waals surface area contributed by atoms with Crippen molar-refractivity contribution in [1.82, 2.24) is 24.6 Å². The van der Waals surface area contributed by atoms with Crippen LogP contribution in [0.3, 0.4) is 0 Å². The van der Waals surface area contributed by atoms with Crippen molar-refractivity contribution in [3.05, 3.63) is 65.6 Å². The molecule has 0 saturated heterocycles. The van der Waals surface area contributed by atoms with Crippen molar-refractivity contribution in [2.45, 2.75) is 46.6 Å². The Morgan fingerprint density at radius 2 is 1.70 bits per heavy atom. The second-order valence-electron chi connectivity index (χ2n) is 8.24. The summed E-state index contributed by atoms with van der Waals surface area (Å²) >= 11 is 0. The number of hydrogen-bond donors (Lipinski definition) is 1. The maximum absolute atomic E-state index is 12.9. The molecule has 0 aliphatic rings. The molecule has 0 fully saturated rings. The molecule has 0 atom stereocenters. The van der Waals surface area contributed by atoms with Crippen molar-refractivity contribution in [3.8, 4) is 5.95 Å². The molecule has 0 unspecified atom stereocenters. The Morgan fingerprint density at radius 1 is 1.07 bits per heavy atom.